The van der Waals surface area contributed by atoms with E-state index in [0.29, 0.717) is 17.9 Å². The topological polar surface area (TPSA) is 78.9 Å². The molecule has 0 atom stereocenters. The van der Waals surface area contributed by atoms with Crippen LogP contribution >= 0.6 is 11.3 Å². The lowest BCUT2D eigenvalue weighted by Gasteiger charge is -2.03. The SMILES string of the molecule is N#CCc1ccc(NC(=O)c2cc(-c3cccs3)on2)cc1. The number of hydrogen-bond acceptors (Lipinski definition) is 5. The molecule has 0 unspecified atom stereocenters. The van der Waals surface area contributed by atoms with Crippen LogP contribution in [0.4, 0.5) is 5.69 Å². The zero-order chi connectivity index (χ0) is 15.4. The molecule has 108 valence electrons. The molecule has 2 aromatic heterocycles. The zero-order valence-electron chi connectivity index (χ0n) is 11.4. The van der Waals surface area contributed by atoms with E-state index in [4.69, 9.17) is 9.78 Å². The van der Waals surface area contributed by atoms with Crippen molar-refractivity contribution in [3.05, 3.63) is 59.1 Å². The summed E-state index contributed by atoms with van der Waals surface area (Å²) in [6.45, 7) is 0. The van der Waals surface area contributed by atoms with E-state index < -0.39 is 0 Å². The highest BCUT2D eigenvalue weighted by Crippen LogP contribution is 2.25. The van der Waals surface area contributed by atoms with E-state index in [2.05, 4.69) is 16.5 Å². The number of nitrogens with one attached hydrogen (secondary N) is 1. The lowest BCUT2D eigenvalue weighted by atomic mass is 10.1. The Balaban J connectivity index is 1.71. The van der Waals surface area contributed by atoms with Crippen LogP contribution < -0.4 is 5.32 Å². The van der Waals surface area contributed by atoms with Gasteiger partial charge in [0.05, 0.1) is 17.4 Å². The molecule has 0 aliphatic carbocycles. The highest BCUT2D eigenvalue weighted by molar-refractivity contribution is 7.13. The van der Waals surface area contributed by atoms with E-state index in [-0.39, 0.29) is 11.6 Å². The number of carbonyl (C=O) groups is 1. The molecule has 2 heterocycles. The van der Waals surface area contributed by atoms with E-state index in [1.54, 1.807) is 30.3 Å². The summed E-state index contributed by atoms with van der Waals surface area (Å²) in [6.07, 6.45) is 0.349. The van der Waals surface area contributed by atoms with Gasteiger partial charge in [-0.15, -0.1) is 11.3 Å². The summed E-state index contributed by atoms with van der Waals surface area (Å²) in [7, 11) is 0. The fourth-order valence-corrected chi connectivity index (χ4v) is 2.58. The minimum Gasteiger partial charge on any atom is -0.355 e. The number of nitriles is 1. The first-order chi connectivity index (χ1) is 10.8. The van der Waals surface area contributed by atoms with Gasteiger partial charge in [0.15, 0.2) is 11.5 Å². The minimum atomic E-state index is -0.334. The van der Waals surface area contributed by atoms with Gasteiger partial charge < -0.3 is 9.84 Å². The van der Waals surface area contributed by atoms with Crippen molar-refractivity contribution in [1.29, 1.82) is 5.26 Å². The highest BCUT2D eigenvalue weighted by atomic mass is 32.1. The van der Waals surface area contributed by atoms with Gasteiger partial charge in [-0.2, -0.15) is 5.26 Å². The third kappa shape index (κ3) is 3.05. The van der Waals surface area contributed by atoms with Gasteiger partial charge in [-0.1, -0.05) is 23.4 Å². The number of thiophene rings is 1. The molecule has 3 rings (SSSR count). The number of rotatable bonds is 4. The third-order valence-electron chi connectivity index (χ3n) is 3.00. The maximum absolute atomic E-state index is 12.1. The maximum atomic E-state index is 12.1. The second kappa shape index (κ2) is 6.24. The van der Waals surface area contributed by atoms with Crippen LogP contribution in [0.5, 0.6) is 0 Å². The van der Waals surface area contributed by atoms with Crippen molar-refractivity contribution in [2.45, 2.75) is 6.42 Å². The third-order valence-corrected chi connectivity index (χ3v) is 3.89. The quantitative estimate of drug-likeness (QED) is 0.796. The Morgan fingerprint density at radius 2 is 2.14 bits per heavy atom. The van der Waals surface area contributed by atoms with E-state index in [1.807, 2.05) is 17.5 Å². The number of aromatic nitrogens is 1. The van der Waals surface area contributed by atoms with Gasteiger partial charge in [-0.3, -0.25) is 4.79 Å². The number of hydrogen-bond donors (Lipinski definition) is 1. The molecule has 0 saturated heterocycles. The molecule has 1 aromatic carbocycles. The summed E-state index contributed by atoms with van der Waals surface area (Å²) in [5, 5.41) is 17.1. The average molecular weight is 309 g/mol. The van der Waals surface area contributed by atoms with Gasteiger partial charge in [-0.25, -0.2) is 0 Å². The molecular formula is C16H11N3O2S. The Bertz CT molecular complexity index is 814. The predicted octanol–water partition coefficient (Wildman–Crippen LogP) is 3.72. The molecule has 6 heteroatoms. The molecule has 5 nitrogen and oxygen atoms in total. The molecule has 0 aliphatic rings. The van der Waals surface area contributed by atoms with Crippen molar-refractivity contribution in [1.82, 2.24) is 5.16 Å². The first kappa shape index (κ1) is 14.0. The van der Waals surface area contributed by atoms with Gasteiger partial charge in [0.25, 0.3) is 5.91 Å². The molecule has 1 amide bonds. The normalized spacial score (nSPS) is 10.1. The van der Waals surface area contributed by atoms with E-state index in [9.17, 15) is 4.79 Å². The van der Waals surface area contributed by atoms with Crippen LogP contribution in [0.3, 0.4) is 0 Å². The first-order valence-electron chi connectivity index (χ1n) is 6.54. The van der Waals surface area contributed by atoms with Crippen molar-refractivity contribution in [3.63, 3.8) is 0 Å². The highest BCUT2D eigenvalue weighted by Gasteiger charge is 2.14. The van der Waals surface area contributed by atoms with Crippen LogP contribution in [0, 0.1) is 11.3 Å². The molecule has 0 spiro atoms. The van der Waals surface area contributed by atoms with Crippen LogP contribution in [-0.4, -0.2) is 11.1 Å². The number of carbonyl (C=O) groups excluding carboxylic acids is 1. The van der Waals surface area contributed by atoms with E-state index in [0.717, 1.165) is 10.4 Å². The second-order valence-electron chi connectivity index (χ2n) is 4.54. The molecule has 0 fully saturated rings. The summed E-state index contributed by atoms with van der Waals surface area (Å²) >= 11 is 1.52. The fraction of sp³-hybridized carbons (Fsp3) is 0.0625. The molecule has 0 bridgehead atoms. The minimum absolute atomic E-state index is 0.226. The smallest absolute Gasteiger partial charge is 0.277 e. The number of anilines is 1. The van der Waals surface area contributed by atoms with Crippen molar-refractivity contribution in [3.8, 4) is 16.7 Å². The predicted molar refractivity (Wildman–Crippen MR) is 83.5 cm³/mol. The van der Waals surface area contributed by atoms with E-state index >= 15 is 0 Å². The fourth-order valence-electron chi connectivity index (χ4n) is 1.91. The Hall–Kier alpha value is -2.91. The summed E-state index contributed by atoms with van der Waals surface area (Å²) in [5.41, 5.74) is 1.78. The molecule has 22 heavy (non-hydrogen) atoms. The van der Waals surface area contributed by atoms with Gasteiger partial charge >= 0.3 is 0 Å². The first-order valence-corrected chi connectivity index (χ1v) is 7.42. The van der Waals surface area contributed by atoms with Crippen molar-refractivity contribution < 1.29 is 9.32 Å². The van der Waals surface area contributed by atoms with Crippen LogP contribution in [0.1, 0.15) is 16.1 Å². The Labute approximate surface area is 130 Å². The second-order valence-corrected chi connectivity index (χ2v) is 5.49. The van der Waals surface area contributed by atoms with Crippen molar-refractivity contribution in [2.24, 2.45) is 0 Å². The number of amides is 1. The molecule has 0 saturated carbocycles. The standard InChI is InChI=1S/C16H11N3O2S/c17-8-7-11-3-5-12(6-4-11)18-16(20)13-10-14(21-19-13)15-2-1-9-22-15/h1-6,9-10H,7H2,(H,18,20). The monoisotopic (exact) mass is 309 g/mol. The zero-order valence-corrected chi connectivity index (χ0v) is 12.3. The van der Waals surface area contributed by atoms with Gasteiger partial charge in [0.1, 0.15) is 0 Å². The Kier molecular flexibility index (Phi) is 3.99. The summed E-state index contributed by atoms with van der Waals surface area (Å²) in [4.78, 5) is 13.0. The van der Waals surface area contributed by atoms with Crippen LogP contribution in [0.25, 0.3) is 10.6 Å². The molecular weight excluding hydrogens is 298 g/mol. The van der Waals surface area contributed by atoms with Crippen LogP contribution in [0.2, 0.25) is 0 Å². The largest absolute Gasteiger partial charge is 0.355 e. The van der Waals surface area contributed by atoms with Gasteiger partial charge in [0.2, 0.25) is 0 Å². The van der Waals surface area contributed by atoms with Crippen LogP contribution in [0.15, 0.2) is 52.4 Å². The lowest BCUT2D eigenvalue weighted by molar-refractivity contribution is 0.101. The summed E-state index contributed by atoms with van der Waals surface area (Å²) in [5.74, 6) is 0.240. The van der Waals surface area contributed by atoms with Gasteiger partial charge in [-0.05, 0) is 29.1 Å². The molecule has 3 aromatic rings. The Morgan fingerprint density at radius 1 is 1.32 bits per heavy atom. The molecule has 0 aliphatic heterocycles. The molecule has 0 radical (unpaired) electrons. The van der Waals surface area contributed by atoms with E-state index in [1.165, 1.54) is 11.3 Å². The lowest BCUT2D eigenvalue weighted by Crippen LogP contribution is -2.12. The summed E-state index contributed by atoms with van der Waals surface area (Å²) in [6, 6.07) is 14.6. The van der Waals surface area contributed by atoms with Crippen molar-refractivity contribution in [2.75, 3.05) is 5.32 Å². The molecule has 1 N–H and O–H groups in total. The number of benzene rings is 1. The maximum Gasteiger partial charge on any atom is 0.277 e. The van der Waals surface area contributed by atoms with Crippen molar-refractivity contribution >= 4 is 22.9 Å². The Morgan fingerprint density at radius 3 is 2.82 bits per heavy atom. The van der Waals surface area contributed by atoms with Crippen LogP contribution in [-0.2, 0) is 6.42 Å². The summed E-state index contributed by atoms with van der Waals surface area (Å²) < 4.78 is 5.18. The number of nitrogens with zero attached hydrogens (tertiary/aromatic N) is 2. The average Bonchev–Trinajstić information content (AvgIpc) is 3.20. The van der Waals surface area contributed by atoms with Gasteiger partial charge in [0, 0.05) is 11.8 Å².